The van der Waals surface area contributed by atoms with E-state index in [4.69, 9.17) is 0 Å². The quantitative estimate of drug-likeness (QED) is 0.766. The maximum Gasteiger partial charge on any atom is 0.323 e. The van der Waals surface area contributed by atoms with Crippen molar-refractivity contribution in [2.45, 2.75) is 19.9 Å². The fraction of sp³-hybridized carbons (Fsp3) is 0.462. The Hall–Kier alpha value is -1.47. The number of esters is 1. The van der Waals surface area contributed by atoms with E-state index in [1.165, 1.54) is 7.11 Å². The largest absolute Gasteiger partial charge is 0.468 e. The lowest BCUT2D eigenvalue weighted by Gasteiger charge is -2.19. The summed E-state index contributed by atoms with van der Waals surface area (Å²) in [6.07, 6.45) is 1.59. The van der Waals surface area contributed by atoms with Gasteiger partial charge in [-0.25, -0.2) is 4.98 Å². The molecule has 1 rings (SSSR count). The van der Waals surface area contributed by atoms with Gasteiger partial charge in [0.15, 0.2) is 0 Å². The first kappa shape index (κ1) is 16.6. The average molecular weight is 344 g/mol. The molecule has 0 aliphatic rings. The predicted molar refractivity (Wildman–Crippen MR) is 79.2 cm³/mol. The van der Waals surface area contributed by atoms with Crippen molar-refractivity contribution in [2.75, 3.05) is 19.0 Å². The smallest absolute Gasteiger partial charge is 0.323 e. The Morgan fingerprint density at radius 1 is 1.40 bits per heavy atom. The number of rotatable bonds is 6. The molecule has 0 fully saturated rings. The lowest BCUT2D eigenvalue weighted by atomic mass is 10.0. The number of hydrogen-bond acceptors (Lipinski definition) is 5. The molecule has 0 aliphatic heterocycles. The Kier molecular flexibility index (Phi) is 6.60. The standard InChI is InChI=1S/C13H18BrN3O3/c1-8(2)12(13(19)20-3)16-7-11(18)17-10-5-4-9(14)6-15-10/h4-6,8,12,16H,7H2,1-3H3,(H,15,17,18). The van der Waals surface area contributed by atoms with Crippen molar-refractivity contribution >= 4 is 33.6 Å². The van der Waals surface area contributed by atoms with Crippen molar-refractivity contribution < 1.29 is 14.3 Å². The molecule has 6 nitrogen and oxygen atoms in total. The number of amides is 1. The zero-order valence-corrected chi connectivity index (χ0v) is 13.2. The summed E-state index contributed by atoms with van der Waals surface area (Å²) in [6, 6.07) is 2.95. The molecular weight excluding hydrogens is 326 g/mol. The topological polar surface area (TPSA) is 80.3 Å². The molecule has 0 bridgehead atoms. The Balaban J connectivity index is 2.49. The molecule has 1 aromatic heterocycles. The number of halogens is 1. The maximum atomic E-state index is 11.8. The molecule has 2 N–H and O–H groups in total. The normalized spacial score (nSPS) is 12.1. The number of carbonyl (C=O) groups excluding carboxylic acids is 2. The molecule has 1 unspecified atom stereocenters. The summed E-state index contributed by atoms with van der Waals surface area (Å²) in [7, 11) is 1.32. The number of anilines is 1. The van der Waals surface area contributed by atoms with E-state index in [2.05, 4.69) is 36.3 Å². The molecule has 0 saturated carbocycles. The van der Waals surface area contributed by atoms with Gasteiger partial charge in [-0.05, 0) is 34.0 Å². The molecule has 0 aliphatic carbocycles. The number of nitrogens with one attached hydrogen (secondary N) is 2. The fourth-order valence-corrected chi connectivity index (χ4v) is 1.79. The highest BCUT2D eigenvalue weighted by Crippen LogP contribution is 2.10. The van der Waals surface area contributed by atoms with Crippen molar-refractivity contribution in [1.29, 1.82) is 0 Å². The molecule has 1 heterocycles. The maximum absolute atomic E-state index is 11.8. The van der Waals surface area contributed by atoms with E-state index in [9.17, 15) is 9.59 Å². The van der Waals surface area contributed by atoms with Crippen molar-refractivity contribution in [2.24, 2.45) is 5.92 Å². The first-order valence-corrected chi connectivity index (χ1v) is 6.96. The zero-order valence-electron chi connectivity index (χ0n) is 11.6. The van der Waals surface area contributed by atoms with E-state index < -0.39 is 6.04 Å². The third kappa shape index (κ3) is 5.26. The van der Waals surface area contributed by atoms with Crippen LogP contribution in [0.15, 0.2) is 22.8 Å². The summed E-state index contributed by atoms with van der Waals surface area (Å²) in [6.45, 7) is 3.77. The molecule has 110 valence electrons. The van der Waals surface area contributed by atoms with Crippen molar-refractivity contribution in [3.8, 4) is 0 Å². The Morgan fingerprint density at radius 2 is 2.10 bits per heavy atom. The molecule has 1 amide bonds. The summed E-state index contributed by atoms with van der Waals surface area (Å²) >= 11 is 3.26. The molecule has 1 aromatic rings. The first-order chi connectivity index (χ1) is 9.43. The van der Waals surface area contributed by atoms with Gasteiger partial charge in [0.1, 0.15) is 11.9 Å². The first-order valence-electron chi connectivity index (χ1n) is 6.16. The SMILES string of the molecule is COC(=O)C(NCC(=O)Nc1ccc(Br)cn1)C(C)C. The second kappa shape index (κ2) is 7.96. The van der Waals surface area contributed by atoms with Crippen LogP contribution in [0.2, 0.25) is 0 Å². The third-order valence-electron chi connectivity index (χ3n) is 2.60. The van der Waals surface area contributed by atoms with E-state index in [0.29, 0.717) is 5.82 Å². The monoisotopic (exact) mass is 343 g/mol. The van der Waals surface area contributed by atoms with Gasteiger partial charge in [0.25, 0.3) is 0 Å². The van der Waals surface area contributed by atoms with Gasteiger partial charge in [0, 0.05) is 10.7 Å². The van der Waals surface area contributed by atoms with Gasteiger partial charge < -0.3 is 10.1 Å². The van der Waals surface area contributed by atoms with E-state index in [1.807, 2.05) is 13.8 Å². The number of aromatic nitrogens is 1. The number of hydrogen-bond donors (Lipinski definition) is 2. The number of methoxy groups -OCH3 is 1. The molecule has 0 radical (unpaired) electrons. The van der Waals surface area contributed by atoms with Crippen LogP contribution in [0.25, 0.3) is 0 Å². The van der Waals surface area contributed by atoms with Crippen LogP contribution in [0.1, 0.15) is 13.8 Å². The molecule has 0 spiro atoms. The highest BCUT2D eigenvalue weighted by Gasteiger charge is 2.23. The summed E-state index contributed by atoms with van der Waals surface area (Å²) < 4.78 is 5.52. The Morgan fingerprint density at radius 3 is 2.60 bits per heavy atom. The Bertz CT molecular complexity index is 462. The molecule has 1 atom stereocenters. The fourth-order valence-electron chi connectivity index (χ4n) is 1.56. The van der Waals surface area contributed by atoms with Crippen LogP contribution in [0.4, 0.5) is 5.82 Å². The van der Waals surface area contributed by atoms with Crippen LogP contribution in [0.5, 0.6) is 0 Å². The second-order valence-corrected chi connectivity index (χ2v) is 5.45. The highest BCUT2D eigenvalue weighted by atomic mass is 79.9. The van der Waals surface area contributed by atoms with Gasteiger partial charge in [0.2, 0.25) is 5.91 Å². The van der Waals surface area contributed by atoms with Gasteiger partial charge in [0.05, 0.1) is 13.7 Å². The van der Waals surface area contributed by atoms with Crippen molar-refractivity contribution in [3.05, 3.63) is 22.8 Å². The van der Waals surface area contributed by atoms with E-state index >= 15 is 0 Å². The van der Waals surface area contributed by atoms with Crippen LogP contribution < -0.4 is 10.6 Å². The highest BCUT2D eigenvalue weighted by molar-refractivity contribution is 9.10. The number of ether oxygens (including phenoxy) is 1. The summed E-state index contributed by atoms with van der Waals surface area (Å²) in [5.41, 5.74) is 0. The second-order valence-electron chi connectivity index (χ2n) is 4.54. The van der Waals surface area contributed by atoms with Gasteiger partial charge in [-0.15, -0.1) is 0 Å². The average Bonchev–Trinajstić information content (AvgIpc) is 2.41. The summed E-state index contributed by atoms with van der Waals surface area (Å²) in [5.74, 6) is -0.163. The predicted octanol–water partition coefficient (Wildman–Crippen LogP) is 1.57. The van der Waals surface area contributed by atoms with Crippen molar-refractivity contribution in [1.82, 2.24) is 10.3 Å². The van der Waals surface area contributed by atoms with Crippen LogP contribution in [0, 0.1) is 5.92 Å². The van der Waals surface area contributed by atoms with Crippen LogP contribution in [0.3, 0.4) is 0 Å². The van der Waals surface area contributed by atoms with E-state index in [0.717, 1.165) is 4.47 Å². The molecule has 0 saturated heterocycles. The molecule has 20 heavy (non-hydrogen) atoms. The molecular formula is C13H18BrN3O3. The van der Waals surface area contributed by atoms with E-state index in [1.54, 1.807) is 18.3 Å². The minimum absolute atomic E-state index is 0.00961. The minimum atomic E-state index is -0.511. The Labute approximate surface area is 126 Å². The van der Waals surface area contributed by atoms with Crippen LogP contribution >= 0.6 is 15.9 Å². The lowest BCUT2D eigenvalue weighted by Crippen LogP contribution is -2.45. The van der Waals surface area contributed by atoms with E-state index in [-0.39, 0.29) is 24.3 Å². The summed E-state index contributed by atoms with van der Waals surface area (Å²) in [4.78, 5) is 27.3. The molecule has 0 aromatic carbocycles. The van der Waals surface area contributed by atoms with Gasteiger partial charge in [-0.2, -0.15) is 0 Å². The van der Waals surface area contributed by atoms with Gasteiger partial charge in [-0.3, -0.25) is 14.9 Å². The zero-order chi connectivity index (χ0) is 15.1. The number of pyridine rings is 1. The van der Waals surface area contributed by atoms with Crippen LogP contribution in [-0.4, -0.2) is 36.6 Å². The minimum Gasteiger partial charge on any atom is -0.468 e. The molecule has 7 heteroatoms. The third-order valence-corrected chi connectivity index (χ3v) is 3.07. The van der Waals surface area contributed by atoms with Crippen LogP contribution in [-0.2, 0) is 14.3 Å². The number of nitrogens with zero attached hydrogens (tertiary/aromatic N) is 1. The van der Waals surface area contributed by atoms with Gasteiger partial charge >= 0.3 is 5.97 Å². The van der Waals surface area contributed by atoms with Crippen molar-refractivity contribution in [3.63, 3.8) is 0 Å². The van der Waals surface area contributed by atoms with Gasteiger partial charge in [-0.1, -0.05) is 13.8 Å². The summed E-state index contributed by atoms with van der Waals surface area (Å²) in [5, 5.41) is 5.51. The number of carbonyl (C=O) groups is 2. The lowest BCUT2D eigenvalue weighted by molar-refractivity contribution is -0.144.